The number of oxime groups is 1. The SMILES string of the molecule is C=C[C@@H](CC)OCC(=NO)c1cccc(C)c1F. The van der Waals surface area contributed by atoms with Gasteiger partial charge in [-0.15, -0.1) is 6.58 Å². The number of rotatable bonds is 6. The third-order valence-corrected chi connectivity index (χ3v) is 2.72. The van der Waals surface area contributed by atoms with Gasteiger partial charge >= 0.3 is 0 Å². The van der Waals surface area contributed by atoms with Crippen molar-refractivity contribution in [3.63, 3.8) is 0 Å². The molecule has 1 aromatic rings. The molecule has 0 heterocycles. The Bertz CT molecular complexity index is 443. The molecule has 1 rings (SSSR count). The third kappa shape index (κ3) is 3.40. The summed E-state index contributed by atoms with van der Waals surface area (Å²) >= 11 is 0. The van der Waals surface area contributed by atoms with Gasteiger partial charge in [0.2, 0.25) is 0 Å². The van der Waals surface area contributed by atoms with Crippen molar-refractivity contribution < 1.29 is 14.3 Å². The number of ether oxygens (including phenoxy) is 1. The molecule has 0 aliphatic carbocycles. The Morgan fingerprint density at radius 1 is 1.61 bits per heavy atom. The summed E-state index contributed by atoms with van der Waals surface area (Å²) in [4.78, 5) is 0. The topological polar surface area (TPSA) is 41.8 Å². The van der Waals surface area contributed by atoms with Crippen LogP contribution in [0.15, 0.2) is 36.0 Å². The van der Waals surface area contributed by atoms with Crippen molar-refractivity contribution in [1.82, 2.24) is 0 Å². The zero-order chi connectivity index (χ0) is 13.5. The molecule has 0 aliphatic rings. The first kappa shape index (κ1) is 14.4. The highest BCUT2D eigenvalue weighted by molar-refractivity contribution is 6.01. The lowest BCUT2D eigenvalue weighted by Gasteiger charge is -2.13. The Morgan fingerprint density at radius 3 is 2.89 bits per heavy atom. The third-order valence-electron chi connectivity index (χ3n) is 2.72. The van der Waals surface area contributed by atoms with Crippen molar-refractivity contribution >= 4 is 5.71 Å². The van der Waals surface area contributed by atoms with Crippen molar-refractivity contribution in [2.24, 2.45) is 5.16 Å². The highest BCUT2D eigenvalue weighted by atomic mass is 19.1. The number of nitrogens with zero attached hydrogens (tertiary/aromatic N) is 1. The molecule has 3 nitrogen and oxygen atoms in total. The van der Waals surface area contributed by atoms with Crippen molar-refractivity contribution in [2.75, 3.05) is 6.61 Å². The second-order valence-corrected chi connectivity index (χ2v) is 3.98. The van der Waals surface area contributed by atoms with Crippen LogP contribution in [-0.4, -0.2) is 23.6 Å². The van der Waals surface area contributed by atoms with Crippen LogP contribution in [0.25, 0.3) is 0 Å². The molecule has 0 fully saturated rings. The van der Waals surface area contributed by atoms with Crippen LogP contribution in [0.4, 0.5) is 4.39 Å². The molecule has 1 N–H and O–H groups in total. The van der Waals surface area contributed by atoms with Crippen LogP contribution >= 0.6 is 0 Å². The zero-order valence-corrected chi connectivity index (χ0v) is 10.7. The van der Waals surface area contributed by atoms with E-state index in [1.54, 1.807) is 31.2 Å². The van der Waals surface area contributed by atoms with E-state index in [1.807, 2.05) is 6.92 Å². The molecule has 1 aromatic carbocycles. The van der Waals surface area contributed by atoms with E-state index in [1.165, 1.54) is 0 Å². The quantitative estimate of drug-likeness (QED) is 0.365. The highest BCUT2D eigenvalue weighted by Gasteiger charge is 2.13. The van der Waals surface area contributed by atoms with Crippen LogP contribution in [0.1, 0.15) is 24.5 Å². The summed E-state index contributed by atoms with van der Waals surface area (Å²) in [6, 6.07) is 4.94. The summed E-state index contributed by atoms with van der Waals surface area (Å²) in [5.74, 6) is -0.388. The average Bonchev–Trinajstić information content (AvgIpc) is 2.39. The molecule has 0 saturated carbocycles. The Hall–Kier alpha value is -1.68. The minimum atomic E-state index is -0.388. The Balaban J connectivity index is 2.85. The van der Waals surface area contributed by atoms with Crippen molar-refractivity contribution in [1.29, 1.82) is 0 Å². The lowest BCUT2D eigenvalue weighted by Crippen LogP contribution is -2.18. The molecular weight excluding hydrogens is 233 g/mol. The number of halogens is 1. The predicted octanol–water partition coefficient (Wildman–Crippen LogP) is 3.29. The fourth-order valence-corrected chi connectivity index (χ4v) is 1.57. The van der Waals surface area contributed by atoms with E-state index in [0.29, 0.717) is 5.56 Å². The fraction of sp³-hybridized carbons (Fsp3) is 0.357. The van der Waals surface area contributed by atoms with E-state index >= 15 is 0 Å². The van der Waals surface area contributed by atoms with E-state index in [-0.39, 0.29) is 29.8 Å². The summed E-state index contributed by atoms with van der Waals surface area (Å²) in [6.07, 6.45) is 2.30. The van der Waals surface area contributed by atoms with Gasteiger partial charge in [0.1, 0.15) is 11.5 Å². The van der Waals surface area contributed by atoms with Gasteiger partial charge in [0.25, 0.3) is 0 Å². The molecule has 0 aliphatic heterocycles. The van der Waals surface area contributed by atoms with Gasteiger partial charge in [-0.05, 0) is 25.0 Å². The molecule has 0 amide bonds. The fourth-order valence-electron chi connectivity index (χ4n) is 1.57. The van der Waals surface area contributed by atoms with Gasteiger partial charge < -0.3 is 9.94 Å². The summed E-state index contributed by atoms with van der Waals surface area (Å²) < 4.78 is 19.3. The van der Waals surface area contributed by atoms with E-state index in [4.69, 9.17) is 9.94 Å². The minimum absolute atomic E-state index is 0.0431. The van der Waals surface area contributed by atoms with Crippen molar-refractivity contribution in [3.8, 4) is 0 Å². The maximum Gasteiger partial charge on any atom is 0.135 e. The lowest BCUT2D eigenvalue weighted by molar-refractivity contribution is 0.113. The van der Waals surface area contributed by atoms with Crippen LogP contribution in [0.2, 0.25) is 0 Å². The summed E-state index contributed by atoms with van der Waals surface area (Å²) in [5.41, 5.74) is 0.942. The second kappa shape index (κ2) is 6.91. The normalized spacial score (nSPS) is 13.4. The van der Waals surface area contributed by atoms with Gasteiger partial charge in [0.15, 0.2) is 0 Å². The lowest BCUT2D eigenvalue weighted by atomic mass is 10.1. The van der Waals surface area contributed by atoms with Crippen LogP contribution in [0, 0.1) is 12.7 Å². The predicted molar refractivity (Wildman–Crippen MR) is 69.7 cm³/mol. The van der Waals surface area contributed by atoms with E-state index in [0.717, 1.165) is 6.42 Å². The molecule has 98 valence electrons. The van der Waals surface area contributed by atoms with Gasteiger partial charge in [-0.2, -0.15) is 0 Å². The molecule has 0 aromatic heterocycles. The van der Waals surface area contributed by atoms with Crippen LogP contribution in [0.5, 0.6) is 0 Å². The van der Waals surface area contributed by atoms with Crippen molar-refractivity contribution in [3.05, 3.63) is 47.8 Å². The molecule has 0 spiro atoms. The molecule has 1 atom stereocenters. The van der Waals surface area contributed by atoms with Crippen LogP contribution in [-0.2, 0) is 4.74 Å². The summed E-state index contributed by atoms with van der Waals surface area (Å²) in [5, 5.41) is 12.1. The first-order valence-corrected chi connectivity index (χ1v) is 5.84. The van der Waals surface area contributed by atoms with Gasteiger partial charge in [0.05, 0.1) is 12.7 Å². The summed E-state index contributed by atoms with van der Waals surface area (Å²) in [6.45, 7) is 7.30. The average molecular weight is 251 g/mol. The van der Waals surface area contributed by atoms with Gasteiger partial charge in [0, 0.05) is 5.56 Å². The van der Waals surface area contributed by atoms with Crippen LogP contribution in [0.3, 0.4) is 0 Å². The standard InChI is InChI=1S/C14H18FNO2/c1-4-11(5-2)18-9-13(16-17)12-8-6-7-10(3)14(12)15/h4,6-8,11,17H,1,5,9H2,2-3H3/t11-/m0/s1. The van der Waals surface area contributed by atoms with Gasteiger partial charge in [-0.25, -0.2) is 4.39 Å². The minimum Gasteiger partial charge on any atom is -0.411 e. The van der Waals surface area contributed by atoms with Gasteiger partial charge in [-0.1, -0.05) is 30.3 Å². The van der Waals surface area contributed by atoms with Crippen LogP contribution < -0.4 is 0 Å². The first-order valence-electron chi connectivity index (χ1n) is 5.84. The van der Waals surface area contributed by atoms with Gasteiger partial charge in [-0.3, -0.25) is 0 Å². The summed E-state index contributed by atoms with van der Waals surface area (Å²) in [7, 11) is 0. The number of benzene rings is 1. The highest BCUT2D eigenvalue weighted by Crippen LogP contribution is 2.14. The first-order chi connectivity index (χ1) is 8.63. The number of hydrogen-bond donors (Lipinski definition) is 1. The van der Waals surface area contributed by atoms with E-state index in [9.17, 15) is 4.39 Å². The molecule has 18 heavy (non-hydrogen) atoms. The number of aryl methyl sites for hydroxylation is 1. The second-order valence-electron chi connectivity index (χ2n) is 3.98. The Labute approximate surface area is 107 Å². The zero-order valence-electron chi connectivity index (χ0n) is 10.7. The Morgan fingerprint density at radius 2 is 2.33 bits per heavy atom. The molecule has 0 radical (unpaired) electrons. The molecule has 0 bridgehead atoms. The molecule has 0 saturated heterocycles. The molecule has 0 unspecified atom stereocenters. The molecular formula is C14H18FNO2. The largest absolute Gasteiger partial charge is 0.411 e. The molecule has 4 heteroatoms. The smallest absolute Gasteiger partial charge is 0.135 e. The maximum atomic E-state index is 13.9. The van der Waals surface area contributed by atoms with E-state index < -0.39 is 0 Å². The Kier molecular flexibility index (Phi) is 5.52. The number of hydrogen-bond acceptors (Lipinski definition) is 3. The monoisotopic (exact) mass is 251 g/mol. The maximum absolute atomic E-state index is 13.9. The van der Waals surface area contributed by atoms with Crippen molar-refractivity contribution in [2.45, 2.75) is 26.4 Å². The van der Waals surface area contributed by atoms with E-state index in [2.05, 4.69) is 11.7 Å².